The Balaban J connectivity index is 2.40. The number of aromatic nitrogens is 1. The first kappa shape index (κ1) is 18.4. The number of rotatable bonds is 9. The number of pyridine rings is 1. The van der Waals surface area contributed by atoms with Gasteiger partial charge in [-0.2, -0.15) is 0 Å². The van der Waals surface area contributed by atoms with Gasteiger partial charge >= 0.3 is 0 Å². The standard InChI is InChI=1S/C17H30N4O/c1-6-21(7-2)12-8-9-14(3)19-17(22)15-10-11-16(18-13-15)20(4)5/h10-11,13-14H,6-9,12H2,1-5H3,(H,19,22)/t14-/m0/s1. The van der Waals surface area contributed by atoms with Gasteiger partial charge in [-0.1, -0.05) is 13.8 Å². The van der Waals surface area contributed by atoms with Crippen LogP contribution in [0.2, 0.25) is 0 Å². The van der Waals surface area contributed by atoms with Crippen molar-refractivity contribution in [3.8, 4) is 0 Å². The number of anilines is 1. The summed E-state index contributed by atoms with van der Waals surface area (Å²) in [5.74, 6) is 0.803. The highest BCUT2D eigenvalue weighted by atomic mass is 16.1. The Labute approximate surface area is 134 Å². The second kappa shape index (κ2) is 9.41. The van der Waals surface area contributed by atoms with Gasteiger partial charge in [0.2, 0.25) is 0 Å². The lowest BCUT2D eigenvalue weighted by atomic mass is 10.1. The Morgan fingerprint density at radius 3 is 2.45 bits per heavy atom. The van der Waals surface area contributed by atoms with Crippen molar-refractivity contribution >= 4 is 11.7 Å². The summed E-state index contributed by atoms with van der Waals surface area (Å²) < 4.78 is 0. The number of amides is 1. The van der Waals surface area contributed by atoms with E-state index in [1.54, 1.807) is 6.20 Å². The first-order valence-electron chi connectivity index (χ1n) is 8.14. The summed E-state index contributed by atoms with van der Waals surface area (Å²) in [7, 11) is 3.86. The first-order valence-corrected chi connectivity index (χ1v) is 8.14. The Bertz CT molecular complexity index is 440. The molecule has 1 amide bonds. The third-order valence-corrected chi connectivity index (χ3v) is 3.85. The second-order valence-corrected chi connectivity index (χ2v) is 5.84. The van der Waals surface area contributed by atoms with Crippen molar-refractivity contribution in [1.82, 2.24) is 15.2 Å². The maximum atomic E-state index is 12.2. The largest absolute Gasteiger partial charge is 0.363 e. The lowest BCUT2D eigenvalue weighted by Gasteiger charge is -2.19. The average molecular weight is 306 g/mol. The third kappa shape index (κ3) is 6.02. The molecule has 1 aromatic heterocycles. The number of nitrogens with zero attached hydrogens (tertiary/aromatic N) is 3. The van der Waals surface area contributed by atoms with E-state index in [9.17, 15) is 4.79 Å². The predicted molar refractivity (Wildman–Crippen MR) is 92.5 cm³/mol. The van der Waals surface area contributed by atoms with E-state index < -0.39 is 0 Å². The summed E-state index contributed by atoms with van der Waals surface area (Å²) in [6.07, 6.45) is 3.72. The van der Waals surface area contributed by atoms with Gasteiger partial charge in [0.15, 0.2) is 0 Å². The van der Waals surface area contributed by atoms with Crippen LogP contribution in [0.5, 0.6) is 0 Å². The quantitative estimate of drug-likeness (QED) is 0.761. The van der Waals surface area contributed by atoms with E-state index in [1.807, 2.05) is 31.1 Å². The van der Waals surface area contributed by atoms with Crippen LogP contribution < -0.4 is 10.2 Å². The molecule has 0 saturated carbocycles. The lowest BCUT2D eigenvalue weighted by Crippen LogP contribution is -2.33. The van der Waals surface area contributed by atoms with Crippen LogP contribution in [0.15, 0.2) is 18.3 Å². The van der Waals surface area contributed by atoms with Gasteiger partial charge in [-0.3, -0.25) is 4.79 Å². The van der Waals surface area contributed by atoms with Crippen LogP contribution in [-0.4, -0.2) is 55.6 Å². The summed E-state index contributed by atoms with van der Waals surface area (Å²) in [5.41, 5.74) is 0.612. The molecular weight excluding hydrogens is 276 g/mol. The fourth-order valence-electron chi connectivity index (χ4n) is 2.33. The molecule has 0 aliphatic rings. The molecule has 1 atom stereocenters. The van der Waals surface area contributed by atoms with Gasteiger partial charge < -0.3 is 15.1 Å². The molecule has 0 aromatic carbocycles. The highest BCUT2D eigenvalue weighted by Gasteiger charge is 2.11. The van der Waals surface area contributed by atoms with Crippen LogP contribution in [0.25, 0.3) is 0 Å². The minimum Gasteiger partial charge on any atom is -0.363 e. The SMILES string of the molecule is CCN(CC)CCC[C@H](C)NC(=O)c1ccc(N(C)C)nc1. The van der Waals surface area contributed by atoms with Crippen molar-refractivity contribution in [2.45, 2.75) is 39.7 Å². The number of nitrogens with one attached hydrogen (secondary N) is 1. The average Bonchev–Trinajstić information content (AvgIpc) is 2.51. The van der Waals surface area contributed by atoms with Crippen molar-refractivity contribution < 1.29 is 4.79 Å². The zero-order valence-corrected chi connectivity index (χ0v) is 14.6. The summed E-state index contributed by atoms with van der Waals surface area (Å²) >= 11 is 0. The molecule has 0 bridgehead atoms. The molecule has 124 valence electrons. The Morgan fingerprint density at radius 1 is 1.27 bits per heavy atom. The molecular formula is C17H30N4O. The molecule has 0 spiro atoms. The van der Waals surface area contributed by atoms with Gasteiger partial charge in [0, 0.05) is 26.3 Å². The number of carbonyl (C=O) groups is 1. The summed E-state index contributed by atoms with van der Waals surface area (Å²) in [4.78, 5) is 20.8. The van der Waals surface area contributed by atoms with E-state index in [4.69, 9.17) is 0 Å². The van der Waals surface area contributed by atoms with Crippen molar-refractivity contribution in [3.05, 3.63) is 23.9 Å². The summed E-state index contributed by atoms with van der Waals surface area (Å²) in [6, 6.07) is 3.86. The molecule has 0 radical (unpaired) electrons. The maximum absolute atomic E-state index is 12.2. The Kier molecular flexibility index (Phi) is 7.88. The lowest BCUT2D eigenvalue weighted by molar-refractivity contribution is 0.0937. The van der Waals surface area contributed by atoms with Crippen molar-refractivity contribution in [2.24, 2.45) is 0 Å². The Hall–Kier alpha value is -1.62. The molecule has 1 aromatic rings. The van der Waals surface area contributed by atoms with Gasteiger partial charge in [-0.25, -0.2) is 4.98 Å². The van der Waals surface area contributed by atoms with Gasteiger partial charge in [-0.15, -0.1) is 0 Å². The minimum atomic E-state index is -0.0480. The molecule has 5 heteroatoms. The van der Waals surface area contributed by atoms with Gasteiger partial charge in [-0.05, 0) is 51.5 Å². The molecule has 1 N–H and O–H groups in total. The summed E-state index contributed by atoms with van der Waals surface area (Å²) in [5, 5.41) is 3.04. The molecule has 0 unspecified atom stereocenters. The number of hydrogen-bond acceptors (Lipinski definition) is 4. The first-order chi connectivity index (χ1) is 10.5. The van der Waals surface area contributed by atoms with E-state index >= 15 is 0 Å². The molecule has 0 fully saturated rings. The molecule has 0 aliphatic heterocycles. The predicted octanol–water partition coefficient (Wildman–Crippen LogP) is 2.39. The van der Waals surface area contributed by atoms with Gasteiger partial charge in [0.1, 0.15) is 5.82 Å². The van der Waals surface area contributed by atoms with Crippen LogP contribution in [0.4, 0.5) is 5.82 Å². The van der Waals surface area contributed by atoms with Gasteiger partial charge in [0.05, 0.1) is 5.56 Å². The molecule has 0 aliphatic carbocycles. The van der Waals surface area contributed by atoms with Crippen molar-refractivity contribution in [1.29, 1.82) is 0 Å². The van der Waals surface area contributed by atoms with Crippen LogP contribution in [0.3, 0.4) is 0 Å². The Morgan fingerprint density at radius 2 is 1.95 bits per heavy atom. The second-order valence-electron chi connectivity index (χ2n) is 5.84. The van der Waals surface area contributed by atoms with E-state index in [0.29, 0.717) is 5.56 Å². The van der Waals surface area contributed by atoms with Crippen LogP contribution >= 0.6 is 0 Å². The molecule has 22 heavy (non-hydrogen) atoms. The van der Waals surface area contributed by atoms with E-state index in [1.165, 1.54) is 0 Å². The molecule has 0 saturated heterocycles. The van der Waals surface area contributed by atoms with Crippen LogP contribution in [-0.2, 0) is 0 Å². The highest BCUT2D eigenvalue weighted by Crippen LogP contribution is 2.08. The topological polar surface area (TPSA) is 48.5 Å². The van der Waals surface area contributed by atoms with Gasteiger partial charge in [0.25, 0.3) is 5.91 Å². The number of carbonyl (C=O) groups excluding carboxylic acids is 1. The highest BCUT2D eigenvalue weighted by molar-refractivity contribution is 5.94. The normalized spacial score (nSPS) is 12.3. The molecule has 1 heterocycles. The fraction of sp³-hybridized carbons (Fsp3) is 0.647. The minimum absolute atomic E-state index is 0.0480. The fourth-order valence-corrected chi connectivity index (χ4v) is 2.33. The van der Waals surface area contributed by atoms with E-state index in [0.717, 1.165) is 38.3 Å². The number of hydrogen-bond donors (Lipinski definition) is 1. The monoisotopic (exact) mass is 306 g/mol. The zero-order valence-electron chi connectivity index (χ0n) is 14.6. The zero-order chi connectivity index (χ0) is 16.5. The smallest absolute Gasteiger partial charge is 0.253 e. The van der Waals surface area contributed by atoms with Crippen molar-refractivity contribution in [3.63, 3.8) is 0 Å². The summed E-state index contributed by atoms with van der Waals surface area (Å²) in [6.45, 7) is 9.68. The van der Waals surface area contributed by atoms with Crippen molar-refractivity contribution in [2.75, 3.05) is 38.6 Å². The maximum Gasteiger partial charge on any atom is 0.253 e. The molecule has 1 rings (SSSR count). The molecule has 5 nitrogen and oxygen atoms in total. The van der Waals surface area contributed by atoms with Crippen LogP contribution in [0.1, 0.15) is 44.0 Å². The van der Waals surface area contributed by atoms with Crippen LogP contribution in [0, 0.1) is 0 Å². The van der Waals surface area contributed by atoms with E-state index in [2.05, 4.69) is 36.0 Å². The third-order valence-electron chi connectivity index (χ3n) is 3.85. The van der Waals surface area contributed by atoms with E-state index in [-0.39, 0.29) is 11.9 Å².